The van der Waals surface area contributed by atoms with Crippen LogP contribution in [0.5, 0.6) is 5.75 Å². The number of thioether (sulfide) groups is 1. The molecule has 0 spiro atoms. The van der Waals surface area contributed by atoms with Gasteiger partial charge in [0.1, 0.15) is 5.75 Å². The molecule has 0 atom stereocenters. The molecule has 1 fully saturated rings. The van der Waals surface area contributed by atoms with Gasteiger partial charge in [-0.25, -0.2) is 0 Å². The van der Waals surface area contributed by atoms with Crippen molar-refractivity contribution in [1.82, 2.24) is 0 Å². The lowest BCUT2D eigenvalue weighted by molar-refractivity contribution is -0.118. The molecule has 0 unspecified atom stereocenters. The molecule has 2 amide bonds. The van der Waals surface area contributed by atoms with Crippen LogP contribution in [-0.2, 0) is 9.59 Å². The minimum absolute atomic E-state index is 0.144. The third-order valence-electron chi connectivity index (χ3n) is 5.17. The van der Waals surface area contributed by atoms with Gasteiger partial charge in [-0.2, -0.15) is 0 Å². The van der Waals surface area contributed by atoms with Crippen LogP contribution in [0.3, 0.4) is 0 Å². The van der Waals surface area contributed by atoms with Crippen molar-refractivity contribution in [1.29, 1.82) is 0 Å². The maximum atomic E-state index is 13.1. The van der Waals surface area contributed by atoms with Gasteiger partial charge >= 0.3 is 0 Å². The molecule has 1 heterocycles. The minimum atomic E-state index is -0.269. The van der Waals surface area contributed by atoms with Crippen molar-refractivity contribution in [3.05, 3.63) is 91.8 Å². The van der Waals surface area contributed by atoms with E-state index in [0.717, 1.165) is 21.2 Å². The van der Waals surface area contributed by atoms with Crippen LogP contribution in [0.1, 0.15) is 16.7 Å². The summed E-state index contributed by atoms with van der Waals surface area (Å²) in [5.74, 6) is 0.0341. The minimum Gasteiger partial charge on any atom is -0.484 e. The Balaban J connectivity index is 1.43. The smallest absolute Gasteiger partial charge is 0.270 e. The zero-order valence-corrected chi connectivity index (χ0v) is 22.8. The number of ether oxygens (including phenoxy) is 1. The predicted molar refractivity (Wildman–Crippen MR) is 151 cm³/mol. The van der Waals surface area contributed by atoms with Crippen LogP contribution in [0.2, 0.25) is 5.02 Å². The van der Waals surface area contributed by atoms with Crippen molar-refractivity contribution in [3.8, 4) is 5.75 Å². The number of halogens is 2. The van der Waals surface area contributed by atoms with Crippen molar-refractivity contribution in [2.75, 3.05) is 16.8 Å². The molecule has 3 aromatic carbocycles. The summed E-state index contributed by atoms with van der Waals surface area (Å²) >= 11 is 16.3. The van der Waals surface area contributed by atoms with Gasteiger partial charge in [0.05, 0.1) is 10.6 Å². The van der Waals surface area contributed by atoms with Crippen molar-refractivity contribution in [2.24, 2.45) is 0 Å². The van der Waals surface area contributed by atoms with Crippen LogP contribution in [0, 0.1) is 13.8 Å². The summed E-state index contributed by atoms with van der Waals surface area (Å²) in [4.78, 5) is 27.3. The number of amides is 2. The Kier molecular flexibility index (Phi) is 7.96. The summed E-state index contributed by atoms with van der Waals surface area (Å²) in [5.41, 5.74) is 4.04. The second-order valence-electron chi connectivity index (χ2n) is 7.82. The molecule has 4 rings (SSSR count). The molecule has 1 saturated heterocycles. The van der Waals surface area contributed by atoms with Crippen LogP contribution in [0.4, 0.5) is 11.4 Å². The molecule has 9 heteroatoms. The van der Waals surface area contributed by atoms with E-state index in [1.165, 1.54) is 16.7 Å². The highest BCUT2D eigenvalue weighted by Gasteiger charge is 2.33. The molecule has 0 aromatic heterocycles. The number of aryl methyl sites for hydroxylation is 2. The molecule has 0 bridgehead atoms. The molecule has 5 nitrogen and oxygen atoms in total. The summed E-state index contributed by atoms with van der Waals surface area (Å²) in [6.45, 7) is 3.71. The lowest BCUT2D eigenvalue weighted by atomic mass is 10.2. The second kappa shape index (κ2) is 11.0. The van der Waals surface area contributed by atoms with E-state index in [4.69, 9.17) is 28.6 Å². The van der Waals surface area contributed by atoms with Crippen LogP contribution < -0.4 is 15.0 Å². The first kappa shape index (κ1) is 25.4. The molecule has 0 aliphatic carbocycles. The summed E-state index contributed by atoms with van der Waals surface area (Å²) in [7, 11) is 0. The zero-order valence-electron chi connectivity index (χ0n) is 18.8. The molecule has 0 radical (unpaired) electrons. The molecular weight excluding hydrogens is 568 g/mol. The Hall–Kier alpha value is -2.65. The number of carbonyl (C=O) groups is 2. The van der Waals surface area contributed by atoms with Crippen molar-refractivity contribution < 1.29 is 14.3 Å². The van der Waals surface area contributed by atoms with Crippen LogP contribution >= 0.6 is 51.5 Å². The SMILES string of the molecule is Cc1ccc(N2C(=O)/C(=C/c3cccc(OCC(=O)Nc4ccc(Br)c(C)c4)c3)SC2=S)cc1Cl. The van der Waals surface area contributed by atoms with Crippen molar-refractivity contribution >= 4 is 85.1 Å². The van der Waals surface area contributed by atoms with E-state index in [2.05, 4.69) is 21.2 Å². The highest BCUT2D eigenvalue weighted by atomic mass is 79.9. The monoisotopic (exact) mass is 586 g/mol. The number of hydrogen-bond donors (Lipinski definition) is 1. The van der Waals surface area contributed by atoms with Crippen LogP contribution in [-0.4, -0.2) is 22.7 Å². The number of anilines is 2. The number of carbonyl (C=O) groups excluding carboxylic acids is 2. The average Bonchev–Trinajstić information content (AvgIpc) is 3.09. The van der Waals surface area contributed by atoms with E-state index < -0.39 is 0 Å². The lowest BCUT2D eigenvalue weighted by Gasteiger charge is -2.15. The topological polar surface area (TPSA) is 58.6 Å². The zero-order chi connectivity index (χ0) is 25.1. The first-order chi connectivity index (χ1) is 16.7. The van der Waals surface area contributed by atoms with E-state index >= 15 is 0 Å². The maximum absolute atomic E-state index is 13.1. The van der Waals surface area contributed by atoms with E-state index in [1.807, 2.05) is 50.2 Å². The van der Waals surface area contributed by atoms with Gasteiger partial charge in [-0.15, -0.1) is 0 Å². The number of nitrogens with zero attached hydrogens (tertiary/aromatic N) is 1. The van der Waals surface area contributed by atoms with Crippen LogP contribution in [0.25, 0.3) is 6.08 Å². The third-order valence-corrected chi connectivity index (χ3v) is 7.77. The van der Waals surface area contributed by atoms with Gasteiger partial charge in [0, 0.05) is 15.2 Å². The normalized spacial score (nSPS) is 14.5. The number of nitrogens with one attached hydrogen (secondary N) is 1. The Labute approximate surface area is 226 Å². The molecule has 1 aliphatic rings. The Morgan fingerprint density at radius 3 is 2.69 bits per heavy atom. The second-order valence-corrected chi connectivity index (χ2v) is 10.8. The fraction of sp³-hybridized carbons (Fsp3) is 0.115. The maximum Gasteiger partial charge on any atom is 0.270 e. The summed E-state index contributed by atoms with van der Waals surface area (Å²) in [6, 6.07) is 18.2. The van der Waals surface area contributed by atoms with E-state index in [9.17, 15) is 9.59 Å². The van der Waals surface area contributed by atoms with Gasteiger partial charge < -0.3 is 10.1 Å². The van der Waals surface area contributed by atoms with E-state index in [1.54, 1.807) is 30.3 Å². The highest BCUT2D eigenvalue weighted by Crippen LogP contribution is 2.37. The lowest BCUT2D eigenvalue weighted by Crippen LogP contribution is -2.27. The van der Waals surface area contributed by atoms with Gasteiger partial charge in [-0.3, -0.25) is 14.5 Å². The first-order valence-corrected chi connectivity index (χ1v) is 12.9. The first-order valence-electron chi connectivity index (χ1n) is 10.5. The van der Waals surface area contributed by atoms with Gasteiger partial charge in [0.15, 0.2) is 10.9 Å². The highest BCUT2D eigenvalue weighted by molar-refractivity contribution is 9.10. The average molecular weight is 588 g/mol. The van der Waals surface area contributed by atoms with Crippen molar-refractivity contribution in [3.63, 3.8) is 0 Å². The summed E-state index contributed by atoms with van der Waals surface area (Å²) < 4.78 is 7.08. The molecular formula is C26H20BrClN2O3S2. The number of thiocarbonyl (C=S) groups is 1. The van der Waals surface area contributed by atoms with E-state index in [0.29, 0.717) is 31.4 Å². The standard InChI is InChI=1S/C26H20BrClN2O3S2/c1-15-6-8-19(13-22(15)28)30-25(32)23(35-26(30)34)12-17-4-3-5-20(11-17)33-14-24(31)29-18-7-9-21(27)16(2)10-18/h3-13H,14H2,1-2H3,(H,29,31)/b23-12-. The van der Waals surface area contributed by atoms with Crippen molar-refractivity contribution in [2.45, 2.75) is 13.8 Å². The Bertz CT molecular complexity index is 1380. The Morgan fingerprint density at radius 1 is 1.14 bits per heavy atom. The summed E-state index contributed by atoms with van der Waals surface area (Å²) in [5, 5.41) is 3.39. The van der Waals surface area contributed by atoms with Gasteiger partial charge in [0.25, 0.3) is 11.8 Å². The fourth-order valence-electron chi connectivity index (χ4n) is 3.33. The number of benzene rings is 3. The van der Waals surface area contributed by atoms with Gasteiger partial charge in [-0.05, 0) is 79.1 Å². The Morgan fingerprint density at radius 2 is 1.94 bits per heavy atom. The molecule has 1 N–H and O–H groups in total. The molecule has 0 saturated carbocycles. The molecule has 178 valence electrons. The quantitative estimate of drug-likeness (QED) is 0.245. The predicted octanol–water partition coefficient (Wildman–Crippen LogP) is 7.14. The van der Waals surface area contributed by atoms with Gasteiger partial charge in [0.2, 0.25) is 0 Å². The fourth-order valence-corrected chi connectivity index (χ4v) is 5.05. The largest absolute Gasteiger partial charge is 0.484 e. The van der Waals surface area contributed by atoms with E-state index in [-0.39, 0.29) is 18.4 Å². The molecule has 35 heavy (non-hydrogen) atoms. The summed E-state index contributed by atoms with van der Waals surface area (Å²) in [6.07, 6.45) is 1.76. The van der Waals surface area contributed by atoms with Gasteiger partial charge in [-0.1, -0.05) is 69.7 Å². The number of rotatable bonds is 6. The molecule has 1 aliphatic heterocycles. The number of hydrogen-bond acceptors (Lipinski definition) is 5. The van der Waals surface area contributed by atoms with Crippen LogP contribution in [0.15, 0.2) is 70.0 Å². The molecule has 3 aromatic rings. The third kappa shape index (κ3) is 6.13.